The van der Waals surface area contributed by atoms with E-state index in [1.807, 2.05) is 50.2 Å². The van der Waals surface area contributed by atoms with Crippen LogP contribution >= 0.6 is 11.3 Å². The number of carbonyl (C=O) groups excluding carboxylic acids is 2. The lowest BCUT2D eigenvalue weighted by molar-refractivity contribution is -0.123. The molecule has 0 unspecified atom stereocenters. The Hall–Kier alpha value is -3.39. The highest BCUT2D eigenvalue weighted by molar-refractivity contribution is 7.17. The zero-order valence-corrected chi connectivity index (χ0v) is 18.5. The first-order valence-electron chi connectivity index (χ1n) is 9.89. The average molecular weight is 440 g/mol. The molecule has 0 atom stereocenters. The zero-order valence-electron chi connectivity index (χ0n) is 17.7. The number of carbonyl (C=O) groups is 2. The first-order chi connectivity index (χ1) is 15.0. The fraction of sp³-hybridized carbons (Fsp3) is 0.261. The summed E-state index contributed by atoms with van der Waals surface area (Å²) in [5.41, 5.74) is 2.54. The van der Waals surface area contributed by atoms with Crippen molar-refractivity contribution in [2.45, 2.75) is 20.4 Å². The monoisotopic (exact) mass is 439 g/mol. The number of hydrogen-bond acceptors (Lipinski definition) is 6. The van der Waals surface area contributed by atoms with Crippen LogP contribution in [0, 0.1) is 6.92 Å². The number of ether oxygens (including phenoxy) is 2. The summed E-state index contributed by atoms with van der Waals surface area (Å²) in [4.78, 5) is 29.4. The van der Waals surface area contributed by atoms with E-state index in [1.54, 1.807) is 12.1 Å². The second-order valence-corrected chi connectivity index (χ2v) is 7.71. The van der Waals surface area contributed by atoms with Crippen LogP contribution in [0.15, 0.2) is 48.5 Å². The molecular formula is C23H25N3O4S. The van der Waals surface area contributed by atoms with Crippen molar-refractivity contribution in [2.24, 2.45) is 0 Å². The van der Waals surface area contributed by atoms with E-state index < -0.39 is 0 Å². The van der Waals surface area contributed by atoms with Gasteiger partial charge in [-0.3, -0.25) is 9.59 Å². The summed E-state index contributed by atoms with van der Waals surface area (Å²) in [7, 11) is 1.53. The fourth-order valence-corrected chi connectivity index (χ4v) is 3.89. The van der Waals surface area contributed by atoms with E-state index in [0.29, 0.717) is 35.2 Å². The van der Waals surface area contributed by atoms with Crippen molar-refractivity contribution < 1.29 is 19.1 Å². The van der Waals surface area contributed by atoms with E-state index in [-0.39, 0.29) is 18.4 Å². The summed E-state index contributed by atoms with van der Waals surface area (Å²) in [6.45, 7) is 4.46. The molecule has 2 aromatic carbocycles. The third-order valence-corrected chi connectivity index (χ3v) is 5.64. The second kappa shape index (κ2) is 10.6. The van der Waals surface area contributed by atoms with Crippen molar-refractivity contribution in [2.75, 3.05) is 20.3 Å². The Bertz CT molecular complexity index is 1050. The van der Waals surface area contributed by atoms with Crippen LogP contribution in [-0.2, 0) is 11.3 Å². The van der Waals surface area contributed by atoms with Gasteiger partial charge in [0.2, 0.25) is 0 Å². The second-order valence-electron chi connectivity index (χ2n) is 6.71. The molecule has 0 spiro atoms. The standard InChI is InChI=1S/C23H25N3O4S/c1-4-24-20(27)14-30-18-11-10-16(12-19(18)29-3)13-25-22(28)21-15(2)26-23(31-21)17-8-6-5-7-9-17/h5-12H,4,13-14H2,1-3H3,(H,24,27)(H,25,28). The molecule has 1 heterocycles. The van der Waals surface area contributed by atoms with Gasteiger partial charge in [0, 0.05) is 18.7 Å². The first-order valence-corrected chi connectivity index (χ1v) is 10.7. The Kier molecular flexibility index (Phi) is 7.61. The molecule has 3 rings (SSSR count). The van der Waals surface area contributed by atoms with Gasteiger partial charge in [-0.15, -0.1) is 11.3 Å². The van der Waals surface area contributed by atoms with Crippen LogP contribution in [0.5, 0.6) is 11.5 Å². The number of rotatable bonds is 9. The van der Waals surface area contributed by atoms with Crippen LogP contribution in [0.3, 0.4) is 0 Å². The van der Waals surface area contributed by atoms with Crippen molar-refractivity contribution in [3.63, 3.8) is 0 Å². The Morgan fingerprint density at radius 1 is 1.06 bits per heavy atom. The minimum Gasteiger partial charge on any atom is -0.493 e. The van der Waals surface area contributed by atoms with Gasteiger partial charge in [-0.05, 0) is 31.5 Å². The maximum absolute atomic E-state index is 12.7. The molecule has 0 aliphatic rings. The van der Waals surface area contributed by atoms with Gasteiger partial charge in [-0.1, -0.05) is 36.4 Å². The Balaban J connectivity index is 1.64. The fourth-order valence-electron chi connectivity index (χ4n) is 2.91. The third kappa shape index (κ3) is 5.82. The number of thiazole rings is 1. The SMILES string of the molecule is CCNC(=O)COc1ccc(CNC(=O)c2sc(-c3ccccc3)nc2C)cc1OC. The molecule has 0 aliphatic heterocycles. The summed E-state index contributed by atoms with van der Waals surface area (Å²) < 4.78 is 10.9. The predicted octanol–water partition coefficient (Wildman–Crippen LogP) is 3.57. The molecule has 31 heavy (non-hydrogen) atoms. The molecule has 1 aromatic heterocycles. The molecule has 3 aromatic rings. The average Bonchev–Trinajstić information content (AvgIpc) is 3.18. The molecule has 162 valence electrons. The Labute approximate surface area is 185 Å². The first kappa shape index (κ1) is 22.3. The van der Waals surface area contributed by atoms with Gasteiger partial charge in [0.25, 0.3) is 11.8 Å². The maximum Gasteiger partial charge on any atom is 0.263 e. The number of hydrogen-bond donors (Lipinski definition) is 2. The van der Waals surface area contributed by atoms with E-state index in [0.717, 1.165) is 16.1 Å². The lowest BCUT2D eigenvalue weighted by atomic mass is 10.2. The molecule has 0 saturated carbocycles. The lowest BCUT2D eigenvalue weighted by Gasteiger charge is -2.12. The van der Waals surface area contributed by atoms with E-state index >= 15 is 0 Å². The van der Waals surface area contributed by atoms with E-state index in [1.165, 1.54) is 18.4 Å². The van der Waals surface area contributed by atoms with Crippen molar-refractivity contribution in [3.8, 4) is 22.1 Å². The number of methoxy groups -OCH3 is 1. The maximum atomic E-state index is 12.7. The molecule has 8 heteroatoms. The number of amides is 2. The molecule has 0 saturated heterocycles. The number of aryl methyl sites for hydroxylation is 1. The number of nitrogens with zero attached hydrogens (tertiary/aromatic N) is 1. The molecule has 2 amide bonds. The number of likely N-dealkylation sites (N-methyl/N-ethyl adjacent to an activating group) is 1. The summed E-state index contributed by atoms with van der Waals surface area (Å²) in [5, 5.41) is 6.42. The Morgan fingerprint density at radius 2 is 1.84 bits per heavy atom. The Morgan fingerprint density at radius 3 is 2.55 bits per heavy atom. The number of aromatic nitrogens is 1. The minimum atomic E-state index is -0.198. The molecule has 0 fully saturated rings. The van der Waals surface area contributed by atoms with Gasteiger partial charge in [-0.25, -0.2) is 4.98 Å². The quantitative estimate of drug-likeness (QED) is 0.532. The molecule has 7 nitrogen and oxygen atoms in total. The van der Waals surface area contributed by atoms with Crippen LogP contribution in [0.25, 0.3) is 10.6 Å². The summed E-state index contributed by atoms with van der Waals surface area (Å²) in [6.07, 6.45) is 0. The topological polar surface area (TPSA) is 89.6 Å². The van der Waals surface area contributed by atoms with Crippen molar-refractivity contribution in [1.29, 1.82) is 0 Å². The van der Waals surface area contributed by atoms with Gasteiger partial charge >= 0.3 is 0 Å². The molecule has 0 aliphatic carbocycles. The smallest absolute Gasteiger partial charge is 0.263 e. The largest absolute Gasteiger partial charge is 0.493 e. The van der Waals surface area contributed by atoms with Crippen LogP contribution in [-0.4, -0.2) is 37.1 Å². The third-order valence-electron chi connectivity index (χ3n) is 4.44. The van der Waals surface area contributed by atoms with E-state index in [2.05, 4.69) is 15.6 Å². The van der Waals surface area contributed by atoms with Crippen molar-refractivity contribution >= 4 is 23.2 Å². The van der Waals surface area contributed by atoms with Crippen molar-refractivity contribution in [3.05, 3.63) is 64.7 Å². The summed E-state index contributed by atoms with van der Waals surface area (Å²) in [5.74, 6) is 0.592. The number of nitrogens with one attached hydrogen (secondary N) is 2. The molecule has 0 radical (unpaired) electrons. The highest BCUT2D eigenvalue weighted by atomic mass is 32.1. The van der Waals surface area contributed by atoms with Crippen LogP contribution in [0.1, 0.15) is 27.9 Å². The van der Waals surface area contributed by atoms with Gasteiger partial charge in [0.1, 0.15) is 9.88 Å². The summed E-state index contributed by atoms with van der Waals surface area (Å²) >= 11 is 1.37. The zero-order chi connectivity index (χ0) is 22.2. The number of benzene rings is 2. The highest BCUT2D eigenvalue weighted by Gasteiger charge is 2.16. The van der Waals surface area contributed by atoms with Gasteiger partial charge in [-0.2, -0.15) is 0 Å². The lowest BCUT2D eigenvalue weighted by Crippen LogP contribution is -2.28. The van der Waals surface area contributed by atoms with Crippen LogP contribution < -0.4 is 20.1 Å². The molecular weight excluding hydrogens is 414 g/mol. The molecule has 2 N–H and O–H groups in total. The van der Waals surface area contributed by atoms with Gasteiger partial charge in [0.05, 0.1) is 12.8 Å². The van der Waals surface area contributed by atoms with Crippen LogP contribution in [0.4, 0.5) is 0 Å². The normalized spacial score (nSPS) is 10.4. The van der Waals surface area contributed by atoms with Gasteiger partial charge in [0.15, 0.2) is 18.1 Å². The van der Waals surface area contributed by atoms with Crippen LogP contribution in [0.2, 0.25) is 0 Å². The van der Waals surface area contributed by atoms with Crippen molar-refractivity contribution in [1.82, 2.24) is 15.6 Å². The molecule has 0 bridgehead atoms. The summed E-state index contributed by atoms with van der Waals surface area (Å²) in [6, 6.07) is 15.1. The van der Waals surface area contributed by atoms with E-state index in [4.69, 9.17) is 9.47 Å². The predicted molar refractivity (Wildman–Crippen MR) is 121 cm³/mol. The minimum absolute atomic E-state index is 0.0886. The van der Waals surface area contributed by atoms with Gasteiger partial charge < -0.3 is 20.1 Å². The van der Waals surface area contributed by atoms with E-state index in [9.17, 15) is 9.59 Å². The highest BCUT2D eigenvalue weighted by Crippen LogP contribution is 2.29.